The van der Waals surface area contributed by atoms with Gasteiger partial charge in [0.15, 0.2) is 0 Å². The van der Waals surface area contributed by atoms with Crippen LogP contribution in [0.1, 0.15) is 60.9 Å². The Labute approximate surface area is 199 Å². The third kappa shape index (κ3) is 5.88. The Kier molecular flexibility index (Phi) is 8.55. The Bertz CT molecular complexity index is 842. The van der Waals surface area contributed by atoms with E-state index in [0.29, 0.717) is 18.5 Å². The molecule has 32 heavy (non-hydrogen) atoms. The Morgan fingerprint density at radius 1 is 1.03 bits per heavy atom. The highest BCUT2D eigenvalue weighted by Crippen LogP contribution is 2.34. The van der Waals surface area contributed by atoms with Crippen LogP contribution in [0.25, 0.3) is 0 Å². The lowest BCUT2D eigenvalue weighted by atomic mass is 10.0. The Morgan fingerprint density at radius 2 is 1.81 bits per heavy atom. The van der Waals surface area contributed by atoms with Crippen molar-refractivity contribution in [3.63, 3.8) is 0 Å². The number of carbonyl (C=O) groups is 3. The Balaban J connectivity index is 1.19. The number of carbonyl (C=O) groups excluding carboxylic acids is 3. The molecule has 0 aromatic heterocycles. The van der Waals surface area contributed by atoms with E-state index in [0.717, 1.165) is 16.2 Å². The second kappa shape index (κ2) is 11.6. The van der Waals surface area contributed by atoms with Crippen LogP contribution in [0.4, 0.5) is 0 Å². The van der Waals surface area contributed by atoms with Gasteiger partial charge in [0.2, 0.25) is 11.8 Å². The number of imide groups is 1. The minimum atomic E-state index is -0.547. The maximum atomic E-state index is 12.9. The lowest BCUT2D eigenvalue weighted by Gasteiger charge is -2.29. The average molecular weight is 476 g/mol. The fourth-order valence-corrected chi connectivity index (χ4v) is 6.74. The summed E-state index contributed by atoms with van der Waals surface area (Å²) >= 11 is 3.89. The van der Waals surface area contributed by atoms with Crippen LogP contribution >= 0.6 is 23.5 Å². The van der Waals surface area contributed by atoms with Gasteiger partial charge >= 0.3 is 0 Å². The summed E-state index contributed by atoms with van der Waals surface area (Å²) in [6.45, 7) is 4.22. The third-order valence-electron chi connectivity index (χ3n) is 6.52. The quantitative estimate of drug-likeness (QED) is 0.317. The van der Waals surface area contributed by atoms with E-state index in [1.165, 1.54) is 63.2 Å². The highest BCUT2D eigenvalue weighted by molar-refractivity contribution is 7.99. The smallest absolute Gasteiger partial charge is 0.255 e. The van der Waals surface area contributed by atoms with Crippen LogP contribution in [-0.2, 0) is 16.1 Å². The number of hydrogen-bond donors (Lipinski definition) is 1. The van der Waals surface area contributed by atoms with Crippen LogP contribution in [0.5, 0.6) is 0 Å². The minimum Gasteiger partial charge on any atom is -0.322 e. The molecular weight excluding hydrogens is 442 g/mol. The van der Waals surface area contributed by atoms with Gasteiger partial charge in [-0.05, 0) is 49.3 Å². The second-order valence-corrected chi connectivity index (χ2v) is 11.1. The van der Waals surface area contributed by atoms with Gasteiger partial charge in [0.05, 0.1) is 0 Å². The van der Waals surface area contributed by atoms with Crippen LogP contribution in [0.15, 0.2) is 23.1 Å². The predicted molar refractivity (Wildman–Crippen MR) is 130 cm³/mol. The van der Waals surface area contributed by atoms with Crippen molar-refractivity contribution in [1.82, 2.24) is 15.1 Å². The molecule has 3 heterocycles. The maximum Gasteiger partial charge on any atom is 0.255 e. The average Bonchev–Trinajstić information content (AvgIpc) is 3.13. The maximum absolute atomic E-state index is 12.9. The number of unbranched alkanes of at least 4 members (excludes halogenated alkanes) is 4. The summed E-state index contributed by atoms with van der Waals surface area (Å²) in [5.41, 5.74) is 1.74. The Hall–Kier alpha value is -1.51. The van der Waals surface area contributed by atoms with Crippen molar-refractivity contribution >= 4 is 41.2 Å². The summed E-state index contributed by atoms with van der Waals surface area (Å²) in [5, 5.41) is 2.37. The summed E-state index contributed by atoms with van der Waals surface area (Å²) in [7, 11) is 0. The van der Waals surface area contributed by atoms with E-state index < -0.39 is 6.04 Å². The van der Waals surface area contributed by atoms with Gasteiger partial charge in [-0.1, -0.05) is 25.3 Å². The van der Waals surface area contributed by atoms with E-state index in [1.807, 2.05) is 23.9 Å². The van der Waals surface area contributed by atoms with Gasteiger partial charge in [-0.3, -0.25) is 19.7 Å². The van der Waals surface area contributed by atoms with E-state index in [-0.39, 0.29) is 24.1 Å². The summed E-state index contributed by atoms with van der Waals surface area (Å²) in [6.07, 6.45) is 7.03. The molecule has 1 aromatic carbocycles. The number of nitrogens with zero attached hydrogens (tertiary/aromatic N) is 2. The number of hydrogen-bond acceptors (Lipinski definition) is 6. The van der Waals surface area contributed by atoms with E-state index in [4.69, 9.17) is 0 Å². The number of piperidine rings is 1. The molecule has 1 N–H and O–H groups in total. The van der Waals surface area contributed by atoms with Gasteiger partial charge in [-0.2, -0.15) is 11.8 Å². The summed E-state index contributed by atoms with van der Waals surface area (Å²) in [6, 6.07) is 5.33. The zero-order valence-corrected chi connectivity index (χ0v) is 20.3. The first-order valence-corrected chi connectivity index (χ1v) is 14.0. The number of nitrogens with one attached hydrogen (secondary N) is 1. The molecule has 0 saturated carbocycles. The van der Waals surface area contributed by atoms with E-state index in [2.05, 4.69) is 28.0 Å². The summed E-state index contributed by atoms with van der Waals surface area (Å²) in [4.78, 5) is 42.0. The predicted octanol–water partition coefficient (Wildman–Crippen LogP) is 3.54. The monoisotopic (exact) mass is 475 g/mol. The van der Waals surface area contributed by atoms with Crippen molar-refractivity contribution in [3.8, 4) is 0 Å². The molecule has 4 rings (SSSR count). The van der Waals surface area contributed by atoms with Crippen LogP contribution in [0.2, 0.25) is 0 Å². The van der Waals surface area contributed by atoms with E-state index in [9.17, 15) is 14.4 Å². The number of benzene rings is 1. The zero-order valence-electron chi connectivity index (χ0n) is 18.6. The molecule has 0 radical (unpaired) electrons. The molecule has 0 bridgehead atoms. The van der Waals surface area contributed by atoms with Crippen LogP contribution in [0, 0.1) is 0 Å². The lowest BCUT2D eigenvalue weighted by molar-refractivity contribution is -0.136. The van der Waals surface area contributed by atoms with Crippen molar-refractivity contribution in [2.75, 3.05) is 36.9 Å². The first-order chi connectivity index (χ1) is 15.6. The molecule has 3 aliphatic heterocycles. The highest BCUT2D eigenvalue weighted by Gasteiger charge is 2.39. The fourth-order valence-electron chi connectivity index (χ4n) is 4.67. The van der Waals surface area contributed by atoms with Crippen LogP contribution in [-0.4, -0.2) is 70.5 Å². The van der Waals surface area contributed by atoms with E-state index >= 15 is 0 Å². The first kappa shape index (κ1) is 23.6. The molecule has 1 aromatic rings. The van der Waals surface area contributed by atoms with Gasteiger partial charge in [0, 0.05) is 48.0 Å². The zero-order chi connectivity index (χ0) is 22.3. The summed E-state index contributed by atoms with van der Waals surface area (Å²) < 4.78 is 0. The van der Waals surface area contributed by atoms with Crippen molar-refractivity contribution in [3.05, 3.63) is 29.3 Å². The molecule has 1 unspecified atom stereocenters. The number of rotatable bonds is 10. The van der Waals surface area contributed by atoms with Gasteiger partial charge in [0.1, 0.15) is 6.04 Å². The number of thioether (sulfide) groups is 2. The standard InChI is InChI=1S/C24H33N3O3S2/c28-22-10-9-20(23(29)25-22)27-17-19-18(24(27)30)7-6-8-21(19)32-14-5-3-1-2-4-11-26-12-15-31-16-13-26/h6-8,20H,1-5,9-17H2,(H,25,28,29). The van der Waals surface area contributed by atoms with Crippen molar-refractivity contribution in [2.45, 2.75) is 62.4 Å². The molecule has 3 amide bonds. The normalized spacial score (nSPS) is 21.7. The first-order valence-electron chi connectivity index (χ1n) is 11.8. The molecule has 2 saturated heterocycles. The molecule has 3 aliphatic rings. The largest absolute Gasteiger partial charge is 0.322 e. The molecular formula is C24H33N3O3S2. The molecule has 174 valence electrons. The van der Waals surface area contributed by atoms with Gasteiger partial charge in [-0.25, -0.2) is 0 Å². The van der Waals surface area contributed by atoms with Crippen molar-refractivity contribution < 1.29 is 14.4 Å². The Morgan fingerprint density at radius 3 is 2.62 bits per heavy atom. The second-order valence-electron chi connectivity index (χ2n) is 8.75. The lowest BCUT2D eigenvalue weighted by Crippen LogP contribution is -2.52. The minimum absolute atomic E-state index is 0.0933. The molecule has 1 atom stereocenters. The van der Waals surface area contributed by atoms with E-state index in [1.54, 1.807) is 4.90 Å². The third-order valence-corrected chi connectivity index (χ3v) is 8.65. The van der Waals surface area contributed by atoms with Gasteiger partial charge < -0.3 is 9.80 Å². The molecule has 0 aliphatic carbocycles. The van der Waals surface area contributed by atoms with Crippen LogP contribution in [0.3, 0.4) is 0 Å². The number of amides is 3. The number of fused-ring (bicyclic) bond motifs is 1. The molecule has 8 heteroatoms. The van der Waals surface area contributed by atoms with Gasteiger partial charge in [-0.15, -0.1) is 11.8 Å². The van der Waals surface area contributed by atoms with Crippen LogP contribution < -0.4 is 5.32 Å². The highest BCUT2D eigenvalue weighted by atomic mass is 32.2. The molecule has 6 nitrogen and oxygen atoms in total. The van der Waals surface area contributed by atoms with Gasteiger partial charge in [0.25, 0.3) is 5.91 Å². The topological polar surface area (TPSA) is 69.7 Å². The SMILES string of the molecule is O=C1CCC(N2Cc3c(SCCCCCCCN4CCSCC4)cccc3C2=O)C(=O)N1. The fraction of sp³-hybridized carbons (Fsp3) is 0.625. The summed E-state index contributed by atoms with van der Waals surface area (Å²) in [5.74, 6) is 2.93. The van der Waals surface area contributed by atoms with Crippen molar-refractivity contribution in [1.29, 1.82) is 0 Å². The molecule has 2 fully saturated rings. The van der Waals surface area contributed by atoms with Crippen molar-refractivity contribution in [2.24, 2.45) is 0 Å². The molecule has 0 spiro atoms.